The maximum Gasteiger partial charge on any atom is 0.328 e. The van der Waals surface area contributed by atoms with Gasteiger partial charge in [0.1, 0.15) is 6.10 Å². The molecule has 7 nitrogen and oxygen atoms in total. The van der Waals surface area contributed by atoms with Gasteiger partial charge in [-0.2, -0.15) is 0 Å². The monoisotopic (exact) mass is 309 g/mol. The highest BCUT2D eigenvalue weighted by molar-refractivity contribution is 5.94. The molecule has 1 aromatic heterocycles. The quantitative estimate of drug-likeness (QED) is 0.782. The first-order valence-electron chi connectivity index (χ1n) is 7.43. The number of urea groups is 1. The molecule has 3 unspecified atom stereocenters. The number of nitrogens with zero attached hydrogens (tertiary/aromatic N) is 3. The van der Waals surface area contributed by atoms with Gasteiger partial charge >= 0.3 is 6.03 Å². The summed E-state index contributed by atoms with van der Waals surface area (Å²) in [4.78, 5) is 15.5. The number of methoxy groups -OCH3 is 1. The summed E-state index contributed by atoms with van der Waals surface area (Å²) >= 11 is 0. The van der Waals surface area contributed by atoms with Crippen molar-refractivity contribution in [1.82, 2.24) is 10.1 Å². The summed E-state index contributed by atoms with van der Waals surface area (Å²) in [6.07, 6.45) is 1.78. The molecule has 1 aromatic rings. The zero-order valence-corrected chi connectivity index (χ0v) is 13.2. The van der Waals surface area contributed by atoms with E-state index in [-0.39, 0.29) is 18.2 Å². The number of carbonyl (C=O) groups excluding carboxylic acids is 1. The molecule has 0 saturated carbocycles. The fraction of sp³-hybridized carbons (Fsp3) is 0.600. The maximum atomic E-state index is 12.6. The highest BCUT2D eigenvalue weighted by atomic mass is 16.5. The first kappa shape index (κ1) is 16.5. The molecule has 0 bridgehead atoms. The fourth-order valence-electron chi connectivity index (χ4n) is 2.58. The molecule has 0 radical (unpaired) electrons. The Hall–Kier alpha value is -1.86. The van der Waals surface area contributed by atoms with Crippen LogP contribution in [0, 0.1) is 0 Å². The van der Waals surface area contributed by atoms with Crippen molar-refractivity contribution in [2.45, 2.75) is 45.1 Å². The Morgan fingerprint density at radius 1 is 1.64 bits per heavy atom. The van der Waals surface area contributed by atoms with Crippen LogP contribution in [0.3, 0.4) is 0 Å². The van der Waals surface area contributed by atoms with Crippen LogP contribution in [-0.4, -0.2) is 47.1 Å². The van der Waals surface area contributed by atoms with Crippen molar-refractivity contribution in [3.63, 3.8) is 0 Å². The second-order valence-electron chi connectivity index (χ2n) is 5.32. The lowest BCUT2D eigenvalue weighted by Crippen LogP contribution is -2.37. The third-order valence-corrected chi connectivity index (χ3v) is 3.85. The standard InChI is InChI=1S/C15H23N3O4/c1-5-7-11-14(19)18(15(20)17(11)8-6-2)13-9-12(22-16-13)10(3)21-4/h5,9-11,14,19H,1,6-8H2,2-4H3. The minimum absolute atomic E-state index is 0.271. The topological polar surface area (TPSA) is 79.0 Å². The van der Waals surface area contributed by atoms with Gasteiger partial charge in [-0.05, 0) is 19.8 Å². The maximum absolute atomic E-state index is 12.6. The van der Waals surface area contributed by atoms with Gasteiger partial charge < -0.3 is 19.3 Å². The van der Waals surface area contributed by atoms with Crippen molar-refractivity contribution in [3.05, 3.63) is 24.5 Å². The van der Waals surface area contributed by atoms with Gasteiger partial charge in [-0.25, -0.2) is 9.69 Å². The second-order valence-corrected chi connectivity index (χ2v) is 5.32. The minimum atomic E-state index is -0.979. The second kappa shape index (κ2) is 6.93. The first-order valence-corrected chi connectivity index (χ1v) is 7.43. The number of carbonyl (C=O) groups is 1. The van der Waals surface area contributed by atoms with Gasteiger partial charge in [0.05, 0.1) is 6.04 Å². The summed E-state index contributed by atoms with van der Waals surface area (Å²) in [7, 11) is 1.56. The molecule has 0 aliphatic carbocycles. The summed E-state index contributed by atoms with van der Waals surface area (Å²) in [5.74, 6) is 0.802. The molecule has 3 atom stereocenters. The van der Waals surface area contributed by atoms with Gasteiger partial charge in [-0.1, -0.05) is 18.2 Å². The van der Waals surface area contributed by atoms with Crippen molar-refractivity contribution in [3.8, 4) is 0 Å². The molecule has 22 heavy (non-hydrogen) atoms. The van der Waals surface area contributed by atoms with Crippen LogP contribution in [0.4, 0.5) is 10.6 Å². The summed E-state index contributed by atoms with van der Waals surface area (Å²) < 4.78 is 10.4. The third kappa shape index (κ3) is 2.86. The van der Waals surface area contributed by atoms with Crippen molar-refractivity contribution in [2.24, 2.45) is 0 Å². The highest BCUT2D eigenvalue weighted by Gasteiger charge is 2.45. The van der Waals surface area contributed by atoms with E-state index in [1.807, 2.05) is 13.8 Å². The molecule has 0 spiro atoms. The van der Waals surface area contributed by atoms with E-state index >= 15 is 0 Å². The zero-order valence-electron chi connectivity index (χ0n) is 13.2. The Morgan fingerprint density at radius 2 is 2.36 bits per heavy atom. The van der Waals surface area contributed by atoms with Crippen molar-refractivity contribution in [2.75, 3.05) is 18.6 Å². The Balaban J connectivity index is 2.28. The average molecular weight is 309 g/mol. The van der Waals surface area contributed by atoms with Crippen LogP contribution >= 0.6 is 0 Å². The SMILES string of the molecule is C=CCC1C(O)N(c2cc(C(C)OC)on2)C(=O)N1CCC. The van der Waals surface area contributed by atoms with Gasteiger partial charge in [-0.15, -0.1) is 6.58 Å². The van der Waals surface area contributed by atoms with Crippen LogP contribution in [0.25, 0.3) is 0 Å². The van der Waals surface area contributed by atoms with Crippen LogP contribution in [0.15, 0.2) is 23.2 Å². The molecule has 1 saturated heterocycles. The molecule has 2 amide bonds. The Kier molecular flexibility index (Phi) is 5.20. The summed E-state index contributed by atoms with van der Waals surface area (Å²) in [6, 6.07) is 1.02. The lowest BCUT2D eigenvalue weighted by Gasteiger charge is -2.22. The third-order valence-electron chi connectivity index (χ3n) is 3.85. The fourth-order valence-corrected chi connectivity index (χ4v) is 2.58. The number of hydrogen-bond acceptors (Lipinski definition) is 5. The van der Waals surface area contributed by atoms with Gasteiger partial charge in [0, 0.05) is 19.7 Å². The van der Waals surface area contributed by atoms with Gasteiger partial charge in [0.25, 0.3) is 0 Å². The Labute approximate surface area is 130 Å². The molecule has 1 aliphatic rings. The van der Waals surface area contributed by atoms with Crippen LogP contribution in [0.2, 0.25) is 0 Å². The van der Waals surface area contributed by atoms with E-state index in [1.54, 1.807) is 24.2 Å². The normalized spacial score (nSPS) is 23.2. The molecule has 1 fully saturated rings. The van der Waals surface area contributed by atoms with Crippen LogP contribution < -0.4 is 4.90 Å². The Morgan fingerprint density at radius 3 is 2.95 bits per heavy atom. The summed E-state index contributed by atoms with van der Waals surface area (Å²) in [5, 5.41) is 14.4. The molecule has 122 valence electrons. The molecule has 7 heteroatoms. The molecule has 0 aromatic carbocycles. The van der Waals surface area contributed by atoms with E-state index in [1.165, 1.54) is 4.90 Å². The van der Waals surface area contributed by atoms with Crippen LogP contribution in [-0.2, 0) is 4.74 Å². The predicted octanol–water partition coefficient (Wildman–Crippen LogP) is 2.30. The summed E-state index contributed by atoms with van der Waals surface area (Å²) in [5.41, 5.74) is 0. The number of aliphatic hydroxyl groups excluding tert-OH is 1. The molecule has 1 aliphatic heterocycles. The van der Waals surface area contributed by atoms with Gasteiger partial charge in [-0.3, -0.25) is 0 Å². The number of hydrogen-bond donors (Lipinski definition) is 1. The van der Waals surface area contributed by atoms with E-state index in [0.29, 0.717) is 24.5 Å². The zero-order chi connectivity index (χ0) is 16.3. The van der Waals surface area contributed by atoms with Crippen molar-refractivity contribution in [1.29, 1.82) is 0 Å². The number of amides is 2. The minimum Gasteiger partial charge on any atom is -0.374 e. The lowest BCUT2D eigenvalue weighted by molar-refractivity contribution is 0.0930. The van der Waals surface area contributed by atoms with E-state index in [0.717, 1.165) is 6.42 Å². The molecule has 2 rings (SSSR count). The van der Waals surface area contributed by atoms with E-state index in [2.05, 4.69) is 11.7 Å². The number of rotatable bonds is 7. The van der Waals surface area contributed by atoms with Crippen molar-refractivity contribution < 1.29 is 19.2 Å². The number of ether oxygens (including phenoxy) is 1. The molecule has 2 heterocycles. The average Bonchev–Trinajstić information content (AvgIpc) is 3.06. The lowest BCUT2D eigenvalue weighted by atomic mass is 10.1. The molecule has 1 N–H and O–H groups in total. The number of aromatic nitrogens is 1. The highest BCUT2D eigenvalue weighted by Crippen LogP contribution is 2.31. The number of anilines is 1. The van der Waals surface area contributed by atoms with Crippen LogP contribution in [0.5, 0.6) is 0 Å². The Bertz CT molecular complexity index is 531. The van der Waals surface area contributed by atoms with Crippen LogP contribution in [0.1, 0.15) is 38.6 Å². The number of aliphatic hydroxyl groups is 1. The molecular weight excluding hydrogens is 286 g/mol. The van der Waals surface area contributed by atoms with E-state index in [9.17, 15) is 9.90 Å². The van der Waals surface area contributed by atoms with E-state index < -0.39 is 6.23 Å². The van der Waals surface area contributed by atoms with Crippen molar-refractivity contribution >= 4 is 11.8 Å². The molecular formula is C15H23N3O4. The summed E-state index contributed by atoms with van der Waals surface area (Å²) in [6.45, 7) is 8.07. The first-order chi connectivity index (χ1) is 10.5. The van der Waals surface area contributed by atoms with E-state index in [4.69, 9.17) is 9.26 Å². The largest absolute Gasteiger partial charge is 0.374 e. The predicted molar refractivity (Wildman–Crippen MR) is 81.4 cm³/mol. The van der Waals surface area contributed by atoms with Gasteiger partial charge in [0.2, 0.25) is 0 Å². The van der Waals surface area contributed by atoms with Gasteiger partial charge in [0.15, 0.2) is 17.8 Å². The smallest absolute Gasteiger partial charge is 0.328 e.